The van der Waals surface area contributed by atoms with Gasteiger partial charge in [-0.2, -0.15) is 13.2 Å². The van der Waals surface area contributed by atoms with Gasteiger partial charge in [-0.15, -0.1) is 0 Å². The summed E-state index contributed by atoms with van der Waals surface area (Å²) >= 11 is 0. The molecule has 0 spiro atoms. The molecule has 1 aliphatic heterocycles. The lowest BCUT2D eigenvalue weighted by Gasteiger charge is -2.24. The predicted octanol–water partition coefficient (Wildman–Crippen LogP) is 6.53. The zero-order chi connectivity index (χ0) is 26.9. The van der Waals surface area contributed by atoms with Crippen molar-refractivity contribution in [2.45, 2.75) is 43.9 Å². The van der Waals surface area contributed by atoms with Crippen LogP contribution in [0.1, 0.15) is 47.4 Å². The number of rotatable bonds is 7. The number of carbonyl (C=O) groups excluding carboxylic acids is 1. The molecule has 0 radical (unpaired) electrons. The fourth-order valence-electron chi connectivity index (χ4n) is 6.04. The van der Waals surface area contributed by atoms with Crippen molar-refractivity contribution in [1.82, 2.24) is 10.2 Å². The number of alkyl halides is 3. The number of fused-ring (bicyclic) bond motifs is 1. The van der Waals surface area contributed by atoms with Crippen molar-refractivity contribution in [1.29, 1.82) is 0 Å². The highest BCUT2D eigenvalue weighted by atomic mass is 19.4. The van der Waals surface area contributed by atoms with E-state index >= 15 is 0 Å². The summed E-state index contributed by atoms with van der Waals surface area (Å²) in [6.07, 6.45) is -2.42. The Morgan fingerprint density at radius 1 is 0.895 bits per heavy atom. The number of hydrogen-bond donors (Lipinski definition) is 1. The summed E-state index contributed by atoms with van der Waals surface area (Å²) in [5.41, 5.74) is 1.52. The molecule has 3 aromatic carbocycles. The molecular formula is C30H29F5N2O. The second-order valence-corrected chi connectivity index (χ2v) is 10.4. The number of halogens is 5. The van der Waals surface area contributed by atoms with Gasteiger partial charge in [-0.05, 0) is 71.7 Å². The summed E-state index contributed by atoms with van der Waals surface area (Å²) in [6.45, 7) is 1.95. The minimum absolute atomic E-state index is 0.0129. The highest BCUT2D eigenvalue weighted by Crippen LogP contribution is 2.39. The third-order valence-electron chi connectivity index (χ3n) is 7.87. The van der Waals surface area contributed by atoms with Crippen LogP contribution in [0.3, 0.4) is 0 Å². The van der Waals surface area contributed by atoms with Gasteiger partial charge in [-0.25, -0.2) is 8.78 Å². The molecular weight excluding hydrogens is 499 g/mol. The van der Waals surface area contributed by atoms with Crippen molar-refractivity contribution < 1.29 is 26.7 Å². The van der Waals surface area contributed by atoms with E-state index in [-0.39, 0.29) is 41.8 Å². The number of carbonyl (C=O) groups is 1. The normalized spacial score (nSPS) is 21.6. The summed E-state index contributed by atoms with van der Waals surface area (Å²) in [6, 6.07) is 17.4. The Balaban J connectivity index is 1.23. The topological polar surface area (TPSA) is 32.3 Å². The van der Waals surface area contributed by atoms with E-state index in [2.05, 4.69) is 10.2 Å². The zero-order valence-electron chi connectivity index (χ0n) is 20.7. The summed E-state index contributed by atoms with van der Waals surface area (Å²) in [4.78, 5) is 15.4. The first-order valence-corrected chi connectivity index (χ1v) is 12.8. The van der Waals surface area contributed by atoms with Crippen LogP contribution in [0.5, 0.6) is 0 Å². The molecule has 1 heterocycles. The van der Waals surface area contributed by atoms with E-state index in [9.17, 15) is 26.7 Å². The van der Waals surface area contributed by atoms with Crippen molar-refractivity contribution in [3.05, 3.63) is 107 Å². The first-order chi connectivity index (χ1) is 18.2. The maximum atomic E-state index is 13.5. The Kier molecular flexibility index (Phi) is 7.52. The molecule has 1 N–H and O–H groups in total. The van der Waals surface area contributed by atoms with Crippen LogP contribution in [-0.4, -0.2) is 29.9 Å². The van der Waals surface area contributed by atoms with Crippen LogP contribution >= 0.6 is 0 Å². The zero-order valence-corrected chi connectivity index (χ0v) is 20.7. The second-order valence-electron chi connectivity index (χ2n) is 10.4. The minimum Gasteiger partial charge on any atom is -0.353 e. The van der Waals surface area contributed by atoms with Crippen LogP contribution < -0.4 is 5.32 Å². The van der Waals surface area contributed by atoms with Crippen LogP contribution in [0.25, 0.3) is 0 Å². The average Bonchev–Trinajstić information content (AvgIpc) is 3.44. The van der Waals surface area contributed by atoms with Crippen LogP contribution in [-0.2, 0) is 17.5 Å². The number of nitrogens with zero attached hydrogens (tertiary/aromatic N) is 1. The van der Waals surface area contributed by atoms with Gasteiger partial charge in [0.15, 0.2) is 0 Å². The van der Waals surface area contributed by atoms with Crippen molar-refractivity contribution in [2.24, 2.45) is 11.8 Å². The van der Waals surface area contributed by atoms with Crippen LogP contribution in [0.2, 0.25) is 0 Å². The molecule has 3 atom stereocenters. The lowest BCUT2D eigenvalue weighted by molar-refractivity contribution is -0.137. The van der Waals surface area contributed by atoms with Gasteiger partial charge in [0.2, 0.25) is 5.91 Å². The molecule has 38 heavy (non-hydrogen) atoms. The predicted molar refractivity (Wildman–Crippen MR) is 134 cm³/mol. The van der Waals surface area contributed by atoms with Crippen molar-refractivity contribution in [2.75, 3.05) is 13.1 Å². The molecule has 0 bridgehead atoms. The van der Waals surface area contributed by atoms with Gasteiger partial charge in [-0.3, -0.25) is 9.69 Å². The molecule has 2 aliphatic rings. The van der Waals surface area contributed by atoms with Crippen LogP contribution in [0.4, 0.5) is 22.0 Å². The van der Waals surface area contributed by atoms with Gasteiger partial charge in [0.25, 0.3) is 0 Å². The fourth-order valence-corrected chi connectivity index (χ4v) is 6.04. The van der Waals surface area contributed by atoms with Crippen molar-refractivity contribution in [3.63, 3.8) is 0 Å². The molecule has 2 fully saturated rings. The maximum absolute atomic E-state index is 13.5. The molecule has 1 aliphatic carbocycles. The molecule has 0 unspecified atom stereocenters. The lowest BCUT2D eigenvalue weighted by Crippen LogP contribution is -2.40. The highest BCUT2D eigenvalue weighted by molar-refractivity contribution is 5.78. The molecule has 1 amide bonds. The average molecular weight is 529 g/mol. The van der Waals surface area contributed by atoms with Gasteiger partial charge in [-0.1, -0.05) is 42.5 Å². The monoisotopic (exact) mass is 528 g/mol. The first-order valence-electron chi connectivity index (χ1n) is 12.8. The smallest absolute Gasteiger partial charge is 0.353 e. The largest absolute Gasteiger partial charge is 0.416 e. The van der Waals surface area contributed by atoms with Crippen LogP contribution in [0.15, 0.2) is 72.8 Å². The maximum Gasteiger partial charge on any atom is 0.416 e. The van der Waals surface area contributed by atoms with Crippen molar-refractivity contribution in [3.8, 4) is 0 Å². The number of benzene rings is 3. The van der Waals surface area contributed by atoms with Gasteiger partial charge in [0, 0.05) is 38.0 Å². The number of likely N-dealkylation sites (tertiary alicyclic amines) is 1. The lowest BCUT2D eigenvalue weighted by atomic mass is 9.88. The summed E-state index contributed by atoms with van der Waals surface area (Å²) in [7, 11) is 0. The molecule has 0 aromatic heterocycles. The Morgan fingerprint density at radius 3 is 2.13 bits per heavy atom. The van der Waals surface area contributed by atoms with Crippen molar-refractivity contribution >= 4 is 5.91 Å². The van der Waals surface area contributed by atoms with Gasteiger partial charge < -0.3 is 5.32 Å². The number of hydrogen-bond acceptors (Lipinski definition) is 2. The molecule has 8 heteroatoms. The van der Waals surface area contributed by atoms with E-state index in [1.165, 1.54) is 36.4 Å². The highest BCUT2D eigenvalue weighted by Gasteiger charge is 2.43. The molecule has 5 rings (SSSR count). The Bertz CT molecular complexity index is 1210. The standard InChI is InChI=1S/C30H29F5N2O/c31-24-9-4-20(5-10-24)26(21-6-11-25(32)12-7-21)15-29(38)36-28-13-8-22-17-37(18-27(22)28)16-19-2-1-3-23(14-19)30(33,34)35/h1-7,9-12,14,22,26-28H,8,13,15-18H2,(H,36,38)/t22-,27-,28+/m1/s1. The molecule has 200 valence electrons. The Hall–Kier alpha value is -3.26. The number of nitrogens with one attached hydrogen (secondary N) is 1. The quantitative estimate of drug-likeness (QED) is 0.354. The molecule has 3 nitrogen and oxygen atoms in total. The van der Waals surface area contributed by atoms with E-state index in [1.54, 1.807) is 30.3 Å². The third kappa shape index (κ3) is 6.07. The van der Waals surface area contributed by atoms with E-state index < -0.39 is 11.7 Å². The SMILES string of the molecule is O=C(CC(c1ccc(F)cc1)c1ccc(F)cc1)N[C@H]1CC[C@@H]2CN(Cc3cccc(C(F)(F)F)c3)C[C@H]21. The summed E-state index contributed by atoms with van der Waals surface area (Å²) < 4.78 is 66.3. The second kappa shape index (κ2) is 10.8. The van der Waals surface area contributed by atoms with E-state index in [0.717, 1.165) is 36.6 Å². The van der Waals surface area contributed by atoms with Crippen LogP contribution in [0, 0.1) is 23.5 Å². The van der Waals surface area contributed by atoms with E-state index in [4.69, 9.17) is 0 Å². The van der Waals surface area contributed by atoms with E-state index in [0.29, 0.717) is 24.6 Å². The summed E-state index contributed by atoms with van der Waals surface area (Å²) in [5, 5.41) is 3.19. The molecule has 1 saturated carbocycles. The fraction of sp³-hybridized carbons (Fsp3) is 0.367. The molecule has 1 saturated heterocycles. The molecule has 3 aromatic rings. The Morgan fingerprint density at radius 2 is 1.53 bits per heavy atom. The minimum atomic E-state index is -4.37. The third-order valence-corrected chi connectivity index (χ3v) is 7.87. The van der Waals surface area contributed by atoms with E-state index in [1.807, 2.05) is 0 Å². The number of amides is 1. The van der Waals surface area contributed by atoms with Gasteiger partial charge >= 0.3 is 6.18 Å². The Labute approximate surface area is 218 Å². The van der Waals surface area contributed by atoms with Gasteiger partial charge in [0.05, 0.1) is 5.56 Å². The van der Waals surface area contributed by atoms with Gasteiger partial charge in [0.1, 0.15) is 11.6 Å². The summed E-state index contributed by atoms with van der Waals surface area (Å²) in [5.74, 6) is -0.608. The first kappa shape index (κ1) is 26.4.